The molecule has 1 spiro atoms. The predicted molar refractivity (Wildman–Crippen MR) is 76.7 cm³/mol. The second-order valence-electron chi connectivity index (χ2n) is 6.85. The fourth-order valence-corrected chi connectivity index (χ4v) is 4.71. The molecule has 1 nitrogen and oxygen atoms in total. The minimum absolute atomic E-state index is 0.135. The molecule has 0 atom stereocenters. The minimum atomic E-state index is -0.488. The molecular weight excluding hydrogens is 256 g/mol. The Hall–Kier alpha value is -0.960. The van der Waals surface area contributed by atoms with E-state index in [-0.39, 0.29) is 11.2 Å². The molecule has 1 aromatic rings. The SMILES string of the molecule is CNCC1(c2ccc(F)cc2F)CC2(CCCCC2)C1. The lowest BCUT2D eigenvalue weighted by atomic mass is 9.46. The monoisotopic (exact) mass is 279 g/mol. The average Bonchev–Trinajstić information content (AvgIpc) is 2.38. The van der Waals surface area contributed by atoms with Crippen LogP contribution < -0.4 is 5.32 Å². The molecule has 0 unspecified atom stereocenters. The fourth-order valence-electron chi connectivity index (χ4n) is 4.71. The number of hydrogen-bond acceptors (Lipinski definition) is 1. The van der Waals surface area contributed by atoms with E-state index < -0.39 is 5.82 Å². The summed E-state index contributed by atoms with van der Waals surface area (Å²) in [6.07, 6.45) is 8.60. The van der Waals surface area contributed by atoms with E-state index in [0.717, 1.165) is 25.5 Å². The van der Waals surface area contributed by atoms with Crippen LogP contribution in [0.2, 0.25) is 0 Å². The zero-order chi connectivity index (χ0) is 14.2. The first-order valence-corrected chi connectivity index (χ1v) is 7.69. The minimum Gasteiger partial charge on any atom is -0.319 e. The first kappa shape index (κ1) is 14.0. The molecule has 0 bridgehead atoms. The molecule has 0 heterocycles. The lowest BCUT2D eigenvalue weighted by molar-refractivity contribution is -0.0136. The number of rotatable bonds is 3. The second kappa shape index (κ2) is 5.10. The number of likely N-dealkylation sites (N-methyl/N-ethyl adjacent to an activating group) is 1. The van der Waals surface area contributed by atoms with Crippen LogP contribution in [0.25, 0.3) is 0 Å². The summed E-state index contributed by atoms with van der Waals surface area (Å²) in [5.41, 5.74) is 0.990. The first-order valence-electron chi connectivity index (χ1n) is 7.69. The third kappa shape index (κ3) is 2.26. The summed E-state index contributed by atoms with van der Waals surface area (Å²) in [7, 11) is 1.91. The molecule has 2 saturated carbocycles. The smallest absolute Gasteiger partial charge is 0.129 e. The van der Waals surface area contributed by atoms with E-state index in [0.29, 0.717) is 11.0 Å². The highest BCUT2D eigenvalue weighted by atomic mass is 19.1. The molecule has 20 heavy (non-hydrogen) atoms. The van der Waals surface area contributed by atoms with Gasteiger partial charge in [-0.05, 0) is 49.8 Å². The Bertz CT molecular complexity index is 484. The quantitative estimate of drug-likeness (QED) is 0.875. The Kier molecular flexibility index (Phi) is 3.57. The summed E-state index contributed by atoms with van der Waals surface area (Å²) >= 11 is 0. The van der Waals surface area contributed by atoms with Gasteiger partial charge in [0, 0.05) is 18.0 Å². The molecule has 0 aliphatic heterocycles. The molecular formula is C17H23F2N. The largest absolute Gasteiger partial charge is 0.319 e. The van der Waals surface area contributed by atoms with E-state index in [2.05, 4.69) is 5.32 Å². The van der Waals surface area contributed by atoms with Gasteiger partial charge >= 0.3 is 0 Å². The van der Waals surface area contributed by atoms with Gasteiger partial charge in [0.2, 0.25) is 0 Å². The second-order valence-corrected chi connectivity index (χ2v) is 6.85. The van der Waals surface area contributed by atoms with Crippen molar-refractivity contribution in [3.05, 3.63) is 35.4 Å². The number of halogens is 2. The Labute approximate surface area is 119 Å². The molecule has 2 aliphatic carbocycles. The molecule has 0 amide bonds. The van der Waals surface area contributed by atoms with Gasteiger partial charge in [-0.15, -0.1) is 0 Å². The molecule has 3 heteroatoms. The molecule has 2 aliphatic rings. The van der Waals surface area contributed by atoms with Gasteiger partial charge < -0.3 is 5.32 Å². The lowest BCUT2D eigenvalue weighted by Gasteiger charge is -2.58. The van der Waals surface area contributed by atoms with Crippen LogP contribution in [-0.4, -0.2) is 13.6 Å². The highest BCUT2D eigenvalue weighted by Crippen LogP contribution is 2.61. The van der Waals surface area contributed by atoms with Crippen molar-refractivity contribution in [2.24, 2.45) is 5.41 Å². The topological polar surface area (TPSA) is 12.0 Å². The van der Waals surface area contributed by atoms with Crippen LogP contribution in [0, 0.1) is 17.0 Å². The molecule has 3 rings (SSSR count). The Balaban J connectivity index is 1.87. The van der Waals surface area contributed by atoms with E-state index in [1.54, 1.807) is 6.07 Å². The van der Waals surface area contributed by atoms with Crippen molar-refractivity contribution in [3.63, 3.8) is 0 Å². The summed E-state index contributed by atoms with van der Waals surface area (Å²) in [6.45, 7) is 0.775. The van der Waals surface area contributed by atoms with Crippen molar-refractivity contribution >= 4 is 0 Å². The van der Waals surface area contributed by atoms with Crippen molar-refractivity contribution in [1.82, 2.24) is 5.32 Å². The van der Waals surface area contributed by atoms with Crippen LogP contribution in [0.4, 0.5) is 8.78 Å². The molecule has 0 saturated heterocycles. The van der Waals surface area contributed by atoms with E-state index in [1.807, 2.05) is 7.05 Å². The van der Waals surface area contributed by atoms with E-state index in [1.165, 1.54) is 38.2 Å². The van der Waals surface area contributed by atoms with E-state index >= 15 is 0 Å². The third-order valence-corrected chi connectivity index (χ3v) is 5.36. The average molecular weight is 279 g/mol. The number of benzene rings is 1. The van der Waals surface area contributed by atoms with Gasteiger partial charge in [0.1, 0.15) is 11.6 Å². The molecule has 2 fully saturated rings. The summed E-state index contributed by atoms with van der Waals surface area (Å²) in [4.78, 5) is 0. The zero-order valence-electron chi connectivity index (χ0n) is 12.1. The summed E-state index contributed by atoms with van der Waals surface area (Å²) in [5.74, 6) is -0.872. The molecule has 110 valence electrons. The maximum atomic E-state index is 14.2. The highest BCUT2D eigenvalue weighted by Gasteiger charge is 2.55. The van der Waals surface area contributed by atoms with Crippen molar-refractivity contribution in [1.29, 1.82) is 0 Å². The van der Waals surface area contributed by atoms with Crippen LogP contribution in [-0.2, 0) is 5.41 Å². The van der Waals surface area contributed by atoms with Gasteiger partial charge in [0.25, 0.3) is 0 Å². The molecule has 1 N–H and O–H groups in total. The Morgan fingerprint density at radius 3 is 2.40 bits per heavy atom. The Morgan fingerprint density at radius 1 is 1.10 bits per heavy atom. The van der Waals surface area contributed by atoms with Crippen molar-refractivity contribution in [3.8, 4) is 0 Å². The maximum Gasteiger partial charge on any atom is 0.129 e. The van der Waals surface area contributed by atoms with Crippen LogP contribution in [0.1, 0.15) is 50.5 Å². The molecule has 1 aromatic carbocycles. The lowest BCUT2D eigenvalue weighted by Crippen LogP contribution is -2.55. The summed E-state index contributed by atoms with van der Waals surface area (Å²) < 4.78 is 27.3. The van der Waals surface area contributed by atoms with Crippen molar-refractivity contribution in [2.75, 3.05) is 13.6 Å². The van der Waals surface area contributed by atoms with Crippen LogP contribution in [0.5, 0.6) is 0 Å². The van der Waals surface area contributed by atoms with Gasteiger partial charge in [-0.1, -0.05) is 25.3 Å². The number of hydrogen-bond donors (Lipinski definition) is 1. The summed E-state index contributed by atoms with van der Waals surface area (Å²) in [6, 6.07) is 4.07. The van der Waals surface area contributed by atoms with Gasteiger partial charge in [-0.3, -0.25) is 0 Å². The fraction of sp³-hybridized carbons (Fsp3) is 0.647. The van der Waals surface area contributed by atoms with Crippen molar-refractivity contribution < 1.29 is 8.78 Å². The van der Waals surface area contributed by atoms with E-state index in [9.17, 15) is 8.78 Å². The van der Waals surface area contributed by atoms with Crippen LogP contribution >= 0.6 is 0 Å². The van der Waals surface area contributed by atoms with Crippen LogP contribution in [0.3, 0.4) is 0 Å². The third-order valence-electron chi connectivity index (χ3n) is 5.36. The first-order chi connectivity index (χ1) is 9.59. The van der Waals surface area contributed by atoms with Gasteiger partial charge in [0.15, 0.2) is 0 Å². The summed E-state index contributed by atoms with van der Waals surface area (Å²) in [5, 5.41) is 3.21. The van der Waals surface area contributed by atoms with Gasteiger partial charge in [-0.2, -0.15) is 0 Å². The molecule has 0 aromatic heterocycles. The number of nitrogens with one attached hydrogen (secondary N) is 1. The van der Waals surface area contributed by atoms with Crippen LogP contribution in [0.15, 0.2) is 18.2 Å². The highest BCUT2D eigenvalue weighted by molar-refractivity contribution is 5.33. The van der Waals surface area contributed by atoms with Gasteiger partial charge in [0.05, 0.1) is 0 Å². The Morgan fingerprint density at radius 2 is 1.80 bits per heavy atom. The van der Waals surface area contributed by atoms with Crippen molar-refractivity contribution in [2.45, 2.75) is 50.4 Å². The molecule has 0 radical (unpaired) electrons. The standard InChI is InChI=1S/C17H23F2N/c1-20-12-17(14-6-5-13(18)9-15(14)19)10-16(11-17)7-3-2-4-8-16/h5-6,9,20H,2-4,7-8,10-12H2,1H3. The normalized spacial score (nSPS) is 23.6. The zero-order valence-corrected chi connectivity index (χ0v) is 12.1. The van der Waals surface area contributed by atoms with E-state index in [4.69, 9.17) is 0 Å². The van der Waals surface area contributed by atoms with Gasteiger partial charge in [-0.25, -0.2) is 8.78 Å². The predicted octanol–water partition coefficient (Wildman–Crippen LogP) is 4.17. The maximum absolute atomic E-state index is 14.2.